The molecule has 1 aromatic carbocycles. The van der Waals surface area contributed by atoms with Gasteiger partial charge in [0, 0.05) is 10.2 Å². The van der Waals surface area contributed by atoms with Crippen LogP contribution in [-0.4, -0.2) is 4.98 Å². The van der Waals surface area contributed by atoms with Gasteiger partial charge in [-0.2, -0.15) is 5.26 Å². The molecule has 0 saturated heterocycles. The summed E-state index contributed by atoms with van der Waals surface area (Å²) >= 11 is 3.49. The molecule has 0 saturated carbocycles. The maximum absolute atomic E-state index is 9.26. The third-order valence-electron chi connectivity index (χ3n) is 3.30. The second kappa shape index (κ2) is 5.02. The molecule has 1 aromatic heterocycles. The van der Waals surface area contributed by atoms with Gasteiger partial charge in [-0.3, -0.25) is 0 Å². The van der Waals surface area contributed by atoms with Crippen LogP contribution in [0.2, 0.25) is 0 Å². The summed E-state index contributed by atoms with van der Waals surface area (Å²) < 4.78 is 0.959. The fourth-order valence-corrected chi connectivity index (χ4v) is 2.73. The van der Waals surface area contributed by atoms with E-state index in [0.29, 0.717) is 11.4 Å². The molecule has 0 aliphatic heterocycles. The fourth-order valence-electron chi connectivity index (χ4n) is 2.34. The molecule has 19 heavy (non-hydrogen) atoms. The van der Waals surface area contributed by atoms with Gasteiger partial charge in [0.15, 0.2) is 0 Å². The van der Waals surface area contributed by atoms with Gasteiger partial charge in [-0.25, -0.2) is 4.98 Å². The summed E-state index contributed by atoms with van der Waals surface area (Å²) in [5.74, 6) is 0.648. The van der Waals surface area contributed by atoms with E-state index in [4.69, 9.17) is 0 Å². The van der Waals surface area contributed by atoms with E-state index in [2.05, 4.69) is 32.3 Å². The van der Waals surface area contributed by atoms with E-state index < -0.39 is 0 Å². The molecule has 94 valence electrons. The number of benzene rings is 1. The lowest BCUT2D eigenvalue weighted by atomic mass is 10.1. The van der Waals surface area contributed by atoms with Crippen LogP contribution in [0.25, 0.3) is 0 Å². The average Bonchev–Trinajstić information content (AvgIpc) is 2.87. The predicted molar refractivity (Wildman–Crippen MR) is 78.4 cm³/mol. The maximum atomic E-state index is 9.26. The molecular formula is C15H12BrN3. The molecule has 0 radical (unpaired) electrons. The van der Waals surface area contributed by atoms with E-state index in [9.17, 15) is 5.26 Å². The Bertz CT molecular complexity index is 674. The van der Waals surface area contributed by atoms with E-state index >= 15 is 0 Å². The SMILES string of the molecule is N#Cc1cc2c(nc1Nc1ccccc1Br)CCC2. The normalized spacial score (nSPS) is 12.8. The maximum Gasteiger partial charge on any atom is 0.148 e. The van der Waals surface area contributed by atoms with Gasteiger partial charge in [0.2, 0.25) is 0 Å². The molecule has 3 nitrogen and oxygen atoms in total. The highest BCUT2D eigenvalue weighted by Crippen LogP contribution is 2.29. The van der Waals surface area contributed by atoms with Gasteiger partial charge >= 0.3 is 0 Å². The fraction of sp³-hybridized carbons (Fsp3) is 0.200. The van der Waals surface area contributed by atoms with Crippen molar-refractivity contribution in [2.75, 3.05) is 5.32 Å². The number of nitrogens with zero attached hydrogens (tertiary/aromatic N) is 2. The van der Waals surface area contributed by atoms with Crippen molar-refractivity contribution >= 4 is 27.4 Å². The zero-order valence-corrected chi connectivity index (χ0v) is 11.9. The van der Waals surface area contributed by atoms with Crippen LogP contribution in [0.5, 0.6) is 0 Å². The molecule has 1 N–H and O–H groups in total. The van der Waals surface area contributed by atoms with Crippen LogP contribution >= 0.6 is 15.9 Å². The van der Waals surface area contributed by atoms with Crippen molar-refractivity contribution in [2.45, 2.75) is 19.3 Å². The summed E-state index contributed by atoms with van der Waals surface area (Å²) in [5.41, 5.74) is 3.86. The van der Waals surface area contributed by atoms with E-state index in [1.165, 1.54) is 5.56 Å². The number of hydrogen-bond acceptors (Lipinski definition) is 3. The second-order valence-electron chi connectivity index (χ2n) is 4.56. The zero-order chi connectivity index (χ0) is 13.2. The number of aromatic nitrogens is 1. The molecule has 1 heterocycles. The number of halogens is 1. The molecule has 1 aliphatic rings. The summed E-state index contributed by atoms with van der Waals surface area (Å²) in [6, 6.07) is 12.0. The van der Waals surface area contributed by atoms with E-state index in [1.807, 2.05) is 30.3 Å². The lowest BCUT2D eigenvalue weighted by molar-refractivity contribution is 0.900. The molecule has 0 amide bonds. The van der Waals surface area contributed by atoms with Crippen molar-refractivity contribution in [3.8, 4) is 6.07 Å². The highest BCUT2D eigenvalue weighted by Gasteiger charge is 2.16. The van der Waals surface area contributed by atoms with E-state index in [0.717, 1.165) is 35.1 Å². The first-order valence-corrected chi connectivity index (χ1v) is 7.01. The van der Waals surface area contributed by atoms with Crippen molar-refractivity contribution in [1.29, 1.82) is 5.26 Å². The molecule has 0 spiro atoms. The van der Waals surface area contributed by atoms with E-state index in [-0.39, 0.29) is 0 Å². The molecule has 2 aromatic rings. The molecule has 0 fully saturated rings. The Morgan fingerprint density at radius 1 is 1.26 bits per heavy atom. The van der Waals surface area contributed by atoms with Gasteiger partial charge in [0.05, 0.1) is 11.3 Å². The van der Waals surface area contributed by atoms with Gasteiger partial charge in [-0.15, -0.1) is 0 Å². The van der Waals surface area contributed by atoms with Crippen molar-refractivity contribution in [1.82, 2.24) is 4.98 Å². The number of para-hydroxylation sites is 1. The number of hydrogen-bond donors (Lipinski definition) is 1. The van der Waals surface area contributed by atoms with Crippen LogP contribution in [0.1, 0.15) is 23.2 Å². The van der Waals surface area contributed by atoms with Crippen molar-refractivity contribution in [3.63, 3.8) is 0 Å². The molecular weight excluding hydrogens is 302 g/mol. The minimum Gasteiger partial charge on any atom is -0.338 e. The number of pyridine rings is 1. The number of anilines is 2. The first kappa shape index (κ1) is 12.2. The second-order valence-corrected chi connectivity index (χ2v) is 5.41. The van der Waals surface area contributed by atoms with Crippen LogP contribution in [-0.2, 0) is 12.8 Å². The first-order chi connectivity index (χ1) is 9.28. The van der Waals surface area contributed by atoms with Crippen LogP contribution in [0.3, 0.4) is 0 Å². The molecule has 0 unspecified atom stereocenters. The van der Waals surface area contributed by atoms with Gasteiger partial charge in [-0.05, 0) is 59.0 Å². The topological polar surface area (TPSA) is 48.7 Å². The van der Waals surface area contributed by atoms with Gasteiger partial charge in [0.1, 0.15) is 11.9 Å². The van der Waals surface area contributed by atoms with Crippen LogP contribution < -0.4 is 5.32 Å². The number of rotatable bonds is 2. The van der Waals surface area contributed by atoms with Crippen LogP contribution in [0.15, 0.2) is 34.8 Å². The van der Waals surface area contributed by atoms with Gasteiger partial charge in [0.25, 0.3) is 0 Å². The summed E-state index contributed by atoms with van der Waals surface area (Å²) in [4.78, 5) is 4.61. The van der Waals surface area contributed by atoms with Crippen molar-refractivity contribution in [3.05, 3.63) is 51.6 Å². The zero-order valence-electron chi connectivity index (χ0n) is 10.3. The minimum atomic E-state index is 0.608. The Kier molecular flexibility index (Phi) is 3.22. The molecule has 4 heteroatoms. The molecule has 1 aliphatic carbocycles. The molecule has 0 bridgehead atoms. The Balaban J connectivity index is 2.02. The smallest absolute Gasteiger partial charge is 0.148 e. The average molecular weight is 314 g/mol. The summed E-state index contributed by atoms with van der Waals surface area (Å²) in [5, 5.41) is 12.5. The standard InChI is InChI=1S/C15H12BrN3/c16-12-5-1-2-6-14(12)19-15-11(9-17)8-10-4-3-7-13(10)18-15/h1-2,5-6,8H,3-4,7H2,(H,18,19). The lowest BCUT2D eigenvalue weighted by Crippen LogP contribution is -2.01. The van der Waals surface area contributed by atoms with Crippen LogP contribution in [0, 0.1) is 11.3 Å². The van der Waals surface area contributed by atoms with Crippen molar-refractivity contribution in [2.24, 2.45) is 0 Å². The van der Waals surface area contributed by atoms with Gasteiger partial charge < -0.3 is 5.32 Å². The number of nitriles is 1. The predicted octanol–water partition coefficient (Wildman–Crippen LogP) is 3.95. The third-order valence-corrected chi connectivity index (χ3v) is 3.99. The largest absolute Gasteiger partial charge is 0.338 e. The highest BCUT2D eigenvalue weighted by atomic mass is 79.9. The summed E-state index contributed by atoms with van der Waals surface area (Å²) in [7, 11) is 0. The van der Waals surface area contributed by atoms with E-state index in [1.54, 1.807) is 0 Å². The van der Waals surface area contributed by atoms with Crippen LogP contribution in [0.4, 0.5) is 11.5 Å². The van der Waals surface area contributed by atoms with Crippen molar-refractivity contribution < 1.29 is 0 Å². The number of aryl methyl sites for hydroxylation is 2. The lowest BCUT2D eigenvalue weighted by Gasteiger charge is -2.11. The quantitative estimate of drug-likeness (QED) is 0.913. The number of fused-ring (bicyclic) bond motifs is 1. The van der Waals surface area contributed by atoms with Gasteiger partial charge in [-0.1, -0.05) is 12.1 Å². The molecule has 0 atom stereocenters. The summed E-state index contributed by atoms with van der Waals surface area (Å²) in [6.07, 6.45) is 3.17. The monoisotopic (exact) mass is 313 g/mol. The Labute approximate surface area is 120 Å². The molecule has 3 rings (SSSR count). The Hall–Kier alpha value is -1.86. The number of nitrogens with one attached hydrogen (secondary N) is 1. The highest BCUT2D eigenvalue weighted by molar-refractivity contribution is 9.10. The minimum absolute atomic E-state index is 0.608. The summed E-state index contributed by atoms with van der Waals surface area (Å²) in [6.45, 7) is 0. The Morgan fingerprint density at radius 3 is 2.89 bits per heavy atom. The first-order valence-electron chi connectivity index (χ1n) is 6.22. The third kappa shape index (κ3) is 2.34. The Morgan fingerprint density at radius 2 is 2.11 bits per heavy atom.